The van der Waals surface area contributed by atoms with E-state index in [1.54, 1.807) is 19.4 Å². The van der Waals surface area contributed by atoms with Crippen LogP contribution in [0.15, 0.2) is 66.9 Å². The molecule has 1 aliphatic rings. The number of nitrogens with one attached hydrogen (secondary N) is 1. The van der Waals surface area contributed by atoms with Gasteiger partial charge in [-0.2, -0.15) is 4.98 Å². The maximum Gasteiger partial charge on any atom is 0.220 e. The SMILES string of the molecule is COc1nc(OCc2cccc(-c3ccccc3)c2C)ccc1CNCc1cn([C@@H]2O[C@H](CO)[C@H](O)[C@H](O)[C@H]2O)nn1. The number of rotatable bonds is 11. The zero-order valence-electron chi connectivity index (χ0n) is 23.4. The van der Waals surface area contributed by atoms with E-state index >= 15 is 0 Å². The van der Waals surface area contributed by atoms with E-state index in [9.17, 15) is 20.4 Å². The topological polar surface area (TPSA) is 164 Å². The molecule has 0 amide bonds. The molecule has 4 aromatic rings. The molecule has 1 aliphatic heterocycles. The van der Waals surface area contributed by atoms with Crippen LogP contribution in [0.2, 0.25) is 0 Å². The van der Waals surface area contributed by atoms with Gasteiger partial charge in [0.1, 0.15) is 31.0 Å². The van der Waals surface area contributed by atoms with Crippen LogP contribution in [-0.2, 0) is 24.4 Å². The van der Waals surface area contributed by atoms with Crippen molar-refractivity contribution in [2.24, 2.45) is 0 Å². The van der Waals surface area contributed by atoms with Gasteiger partial charge >= 0.3 is 0 Å². The van der Waals surface area contributed by atoms with Gasteiger partial charge in [-0.15, -0.1) is 5.10 Å². The van der Waals surface area contributed by atoms with Crippen LogP contribution in [0.25, 0.3) is 11.1 Å². The van der Waals surface area contributed by atoms with Gasteiger partial charge < -0.3 is 40.0 Å². The Bertz CT molecular complexity index is 1470. The molecule has 0 saturated carbocycles. The average molecular weight is 578 g/mol. The minimum atomic E-state index is -1.50. The zero-order chi connectivity index (χ0) is 29.6. The van der Waals surface area contributed by atoms with Crippen molar-refractivity contribution in [3.8, 4) is 22.9 Å². The van der Waals surface area contributed by atoms with Gasteiger partial charge in [0, 0.05) is 24.7 Å². The molecule has 1 fully saturated rings. The second kappa shape index (κ2) is 13.4. The summed E-state index contributed by atoms with van der Waals surface area (Å²) in [5.41, 5.74) is 5.90. The first kappa shape index (κ1) is 29.6. The smallest absolute Gasteiger partial charge is 0.220 e. The van der Waals surface area contributed by atoms with E-state index in [1.165, 1.54) is 4.68 Å². The Kier molecular flexibility index (Phi) is 9.42. The molecule has 2 aromatic heterocycles. The highest BCUT2D eigenvalue weighted by Crippen LogP contribution is 2.29. The highest BCUT2D eigenvalue weighted by atomic mass is 16.6. The quantitative estimate of drug-likeness (QED) is 0.175. The molecule has 222 valence electrons. The van der Waals surface area contributed by atoms with Gasteiger partial charge in [-0.05, 0) is 35.2 Å². The first-order valence-corrected chi connectivity index (χ1v) is 13.6. The maximum atomic E-state index is 10.3. The molecule has 5 N–H and O–H groups in total. The van der Waals surface area contributed by atoms with Crippen molar-refractivity contribution in [1.29, 1.82) is 0 Å². The Balaban J connectivity index is 1.17. The molecule has 3 heterocycles. The lowest BCUT2D eigenvalue weighted by Crippen LogP contribution is -2.56. The number of aromatic nitrogens is 4. The lowest BCUT2D eigenvalue weighted by atomic mass is 9.97. The molecule has 1 saturated heterocycles. The monoisotopic (exact) mass is 577 g/mol. The molecule has 12 nitrogen and oxygen atoms in total. The van der Waals surface area contributed by atoms with Gasteiger partial charge in [0.15, 0.2) is 6.23 Å². The number of hydrogen-bond acceptors (Lipinski definition) is 11. The fraction of sp³-hybridized carbons (Fsp3) is 0.367. The van der Waals surface area contributed by atoms with Crippen LogP contribution in [-0.4, -0.2) is 78.5 Å². The Labute approximate surface area is 243 Å². The average Bonchev–Trinajstić information content (AvgIpc) is 3.49. The van der Waals surface area contributed by atoms with Crippen molar-refractivity contribution in [3.63, 3.8) is 0 Å². The molecule has 0 radical (unpaired) electrons. The van der Waals surface area contributed by atoms with Gasteiger partial charge in [0.25, 0.3) is 0 Å². The van der Waals surface area contributed by atoms with Crippen molar-refractivity contribution < 1.29 is 34.6 Å². The molecule has 5 rings (SSSR count). The summed E-state index contributed by atoms with van der Waals surface area (Å²) in [6.45, 7) is 2.68. The summed E-state index contributed by atoms with van der Waals surface area (Å²) in [6.07, 6.45) is -4.97. The standard InChI is InChI=1S/C30H35N5O7/c1-18-21(9-6-10-23(18)19-7-4-3-5-8-19)17-41-25-12-11-20(29(32-25)40-2)13-31-14-22-15-35(34-33-22)30-28(39)27(38)26(37)24(16-36)42-30/h3-12,15,24,26-28,30-31,36-39H,13-14,16-17H2,1-2H3/t24-,26+,27+,28-,30-/m1/s1. The van der Waals surface area contributed by atoms with Crippen LogP contribution in [0.5, 0.6) is 11.8 Å². The largest absolute Gasteiger partial charge is 0.481 e. The molecule has 2 aromatic carbocycles. The Hall–Kier alpha value is -3.91. The van der Waals surface area contributed by atoms with E-state index in [1.807, 2.05) is 36.4 Å². The maximum absolute atomic E-state index is 10.3. The van der Waals surface area contributed by atoms with Gasteiger partial charge in [-0.25, -0.2) is 4.68 Å². The van der Waals surface area contributed by atoms with Gasteiger partial charge in [-0.3, -0.25) is 0 Å². The highest BCUT2D eigenvalue weighted by Gasteiger charge is 2.44. The minimum absolute atomic E-state index is 0.329. The number of aliphatic hydroxyl groups is 4. The molecule has 5 atom stereocenters. The molecule has 12 heteroatoms. The lowest BCUT2D eigenvalue weighted by Gasteiger charge is -2.39. The Morgan fingerprint density at radius 3 is 2.50 bits per heavy atom. The summed E-state index contributed by atoms with van der Waals surface area (Å²) < 4.78 is 18.3. The molecular formula is C30H35N5O7. The number of ether oxygens (including phenoxy) is 3. The van der Waals surface area contributed by atoms with Crippen LogP contribution in [0.1, 0.15) is 28.6 Å². The summed E-state index contributed by atoms with van der Waals surface area (Å²) in [6, 6.07) is 20.1. The fourth-order valence-electron chi connectivity index (χ4n) is 4.91. The van der Waals surface area contributed by atoms with Gasteiger partial charge in [-0.1, -0.05) is 53.7 Å². The van der Waals surface area contributed by atoms with Crippen molar-refractivity contribution in [2.45, 2.75) is 57.3 Å². The van der Waals surface area contributed by atoms with Gasteiger partial charge in [0.05, 0.1) is 25.6 Å². The van der Waals surface area contributed by atoms with Crippen LogP contribution >= 0.6 is 0 Å². The number of hydrogen-bond donors (Lipinski definition) is 5. The number of aliphatic hydroxyl groups excluding tert-OH is 4. The number of pyridine rings is 1. The number of methoxy groups -OCH3 is 1. The summed E-state index contributed by atoms with van der Waals surface area (Å²) in [5.74, 6) is 0.877. The third-order valence-corrected chi connectivity index (χ3v) is 7.32. The van der Waals surface area contributed by atoms with Crippen molar-refractivity contribution in [3.05, 3.63) is 89.2 Å². The van der Waals surface area contributed by atoms with Crippen molar-refractivity contribution >= 4 is 0 Å². The summed E-state index contributed by atoms with van der Waals surface area (Å²) in [7, 11) is 1.55. The van der Waals surface area contributed by atoms with Crippen LogP contribution in [0.4, 0.5) is 0 Å². The second-order valence-electron chi connectivity index (χ2n) is 10.1. The van der Waals surface area contributed by atoms with Gasteiger partial charge in [0.2, 0.25) is 11.8 Å². The zero-order valence-corrected chi connectivity index (χ0v) is 23.4. The van der Waals surface area contributed by atoms with E-state index in [-0.39, 0.29) is 0 Å². The first-order chi connectivity index (χ1) is 20.4. The highest BCUT2D eigenvalue weighted by molar-refractivity contribution is 5.68. The Morgan fingerprint density at radius 1 is 0.929 bits per heavy atom. The summed E-state index contributed by atoms with van der Waals surface area (Å²) in [4.78, 5) is 4.52. The van der Waals surface area contributed by atoms with Crippen molar-refractivity contribution in [1.82, 2.24) is 25.3 Å². The van der Waals surface area contributed by atoms with E-state index in [2.05, 4.69) is 45.7 Å². The van der Waals surface area contributed by atoms with Crippen LogP contribution in [0, 0.1) is 6.92 Å². The Morgan fingerprint density at radius 2 is 1.74 bits per heavy atom. The molecular weight excluding hydrogens is 542 g/mol. The van der Waals surface area contributed by atoms with E-state index < -0.39 is 37.3 Å². The molecule has 0 unspecified atom stereocenters. The number of nitrogens with zero attached hydrogens (tertiary/aromatic N) is 4. The number of benzene rings is 2. The third-order valence-electron chi connectivity index (χ3n) is 7.32. The normalized spacial score (nSPS) is 22.2. The predicted octanol–water partition coefficient (Wildman–Crippen LogP) is 1.50. The first-order valence-electron chi connectivity index (χ1n) is 13.6. The summed E-state index contributed by atoms with van der Waals surface area (Å²) >= 11 is 0. The molecule has 42 heavy (non-hydrogen) atoms. The minimum Gasteiger partial charge on any atom is -0.481 e. The predicted molar refractivity (Wildman–Crippen MR) is 151 cm³/mol. The van der Waals surface area contributed by atoms with E-state index in [4.69, 9.17) is 14.2 Å². The second-order valence-corrected chi connectivity index (χ2v) is 10.1. The lowest BCUT2D eigenvalue weighted by molar-refractivity contribution is -0.254. The van der Waals surface area contributed by atoms with E-state index in [0.717, 1.165) is 27.8 Å². The molecule has 0 aliphatic carbocycles. The van der Waals surface area contributed by atoms with Crippen LogP contribution in [0.3, 0.4) is 0 Å². The van der Waals surface area contributed by atoms with Crippen molar-refractivity contribution in [2.75, 3.05) is 13.7 Å². The molecule has 0 bridgehead atoms. The third kappa shape index (κ3) is 6.44. The molecule has 0 spiro atoms. The summed E-state index contributed by atoms with van der Waals surface area (Å²) in [5, 5.41) is 51.0. The fourth-order valence-corrected chi connectivity index (χ4v) is 4.91. The van der Waals surface area contributed by atoms with E-state index in [0.29, 0.717) is 37.2 Å². The van der Waals surface area contributed by atoms with Crippen LogP contribution < -0.4 is 14.8 Å².